The largest absolute Gasteiger partial charge is 0.461 e. The molecule has 0 N–H and O–H groups in total. The Labute approximate surface area is 129 Å². The predicted molar refractivity (Wildman–Crippen MR) is 89.2 cm³/mol. The summed E-state index contributed by atoms with van der Waals surface area (Å²) < 4.78 is 4.98. The van der Waals surface area contributed by atoms with E-state index >= 15 is 0 Å². The fourth-order valence-electron chi connectivity index (χ4n) is 2.25. The molecule has 0 radical (unpaired) electrons. The van der Waals surface area contributed by atoms with Gasteiger partial charge in [-0.3, -0.25) is 4.79 Å². The maximum absolute atomic E-state index is 10.8. The zero-order valence-electron chi connectivity index (χ0n) is 13.7. The second kappa shape index (κ2) is 10.2. The maximum atomic E-state index is 10.8. The standard InChI is InChI=1S/C19H28O2/c1-4-5-6-7-8-9-18-10-12-19(13-11-18)14-16(2)15-21-17(3)20/h10-14H,4-9,15H2,1-3H3/b16-14+. The first kappa shape index (κ1) is 17.5. The minimum Gasteiger partial charge on any atom is -0.461 e. The third kappa shape index (κ3) is 8.34. The molecule has 21 heavy (non-hydrogen) atoms. The molecule has 0 aliphatic rings. The van der Waals surface area contributed by atoms with Crippen molar-refractivity contribution in [1.82, 2.24) is 0 Å². The molecule has 0 bridgehead atoms. The summed E-state index contributed by atoms with van der Waals surface area (Å²) in [5, 5.41) is 0. The van der Waals surface area contributed by atoms with Crippen LogP contribution in [0.4, 0.5) is 0 Å². The predicted octanol–water partition coefficient (Wildman–Crippen LogP) is 5.17. The van der Waals surface area contributed by atoms with Gasteiger partial charge in [0.2, 0.25) is 0 Å². The molecular formula is C19H28O2. The Kier molecular flexibility index (Phi) is 8.49. The monoisotopic (exact) mass is 288 g/mol. The van der Waals surface area contributed by atoms with Crippen LogP contribution in [0.1, 0.15) is 64.0 Å². The molecule has 2 heteroatoms. The molecule has 0 unspecified atom stereocenters. The molecule has 0 aliphatic carbocycles. The number of aryl methyl sites for hydroxylation is 1. The van der Waals surface area contributed by atoms with E-state index in [-0.39, 0.29) is 5.97 Å². The summed E-state index contributed by atoms with van der Waals surface area (Å²) in [4.78, 5) is 10.8. The molecular weight excluding hydrogens is 260 g/mol. The highest BCUT2D eigenvalue weighted by Crippen LogP contribution is 2.12. The average Bonchev–Trinajstić information content (AvgIpc) is 2.47. The molecule has 0 heterocycles. The Balaban J connectivity index is 2.39. The van der Waals surface area contributed by atoms with Gasteiger partial charge in [-0.1, -0.05) is 62.9 Å². The van der Waals surface area contributed by atoms with Gasteiger partial charge in [0.05, 0.1) is 0 Å². The quantitative estimate of drug-likeness (QED) is 0.463. The summed E-state index contributed by atoms with van der Waals surface area (Å²) in [5.41, 5.74) is 3.62. The molecule has 0 atom stereocenters. The van der Waals surface area contributed by atoms with Crippen molar-refractivity contribution in [3.8, 4) is 0 Å². The summed E-state index contributed by atoms with van der Waals surface area (Å²) in [7, 11) is 0. The summed E-state index contributed by atoms with van der Waals surface area (Å²) in [6.45, 7) is 6.03. The van der Waals surface area contributed by atoms with Gasteiger partial charge >= 0.3 is 5.97 Å². The van der Waals surface area contributed by atoms with Crippen molar-refractivity contribution < 1.29 is 9.53 Å². The van der Waals surface area contributed by atoms with Crippen molar-refractivity contribution in [1.29, 1.82) is 0 Å². The Morgan fingerprint density at radius 3 is 2.33 bits per heavy atom. The minimum absolute atomic E-state index is 0.235. The SMILES string of the molecule is CCCCCCCc1ccc(/C=C(\C)COC(C)=O)cc1. The van der Waals surface area contributed by atoms with Crippen LogP contribution in [-0.4, -0.2) is 12.6 Å². The number of hydrogen-bond acceptors (Lipinski definition) is 2. The highest BCUT2D eigenvalue weighted by Gasteiger charge is 1.97. The van der Waals surface area contributed by atoms with Gasteiger partial charge in [-0.25, -0.2) is 0 Å². The zero-order valence-corrected chi connectivity index (χ0v) is 13.7. The van der Waals surface area contributed by atoms with Gasteiger partial charge in [-0.2, -0.15) is 0 Å². The van der Waals surface area contributed by atoms with E-state index in [1.165, 1.54) is 51.0 Å². The van der Waals surface area contributed by atoms with Crippen LogP contribution < -0.4 is 0 Å². The van der Waals surface area contributed by atoms with Gasteiger partial charge in [0.1, 0.15) is 6.61 Å². The third-order valence-corrected chi connectivity index (χ3v) is 3.46. The fraction of sp³-hybridized carbons (Fsp3) is 0.526. The van der Waals surface area contributed by atoms with E-state index in [0.717, 1.165) is 11.1 Å². The Hall–Kier alpha value is -1.57. The summed E-state index contributed by atoms with van der Waals surface area (Å²) in [6.07, 6.45) is 9.84. The van der Waals surface area contributed by atoms with Gasteiger partial charge in [0.15, 0.2) is 0 Å². The van der Waals surface area contributed by atoms with Crippen molar-refractivity contribution in [2.24, 2.45) is 0 Å². The lowest BCUT2D eigenvalue weighted by molar-refractivity contribution is -0.139. The normalized spacial score (nSPS) is 11.5. The van der Waals surface area contributed by atoms with Gasteiger partial charge in [-0.05, 0) is 36.5 Å². The first-order valence-electron chi connectivity index (χ1n) is 8.01. The van der Waals surface area contributed by atoms with Crippen LogP contribution in [0.2, 0.25) is 0 Å². The molecule has 0 spiro atoms. The topological polar surface area (TPSA) is 26.3 Å². The van der Waals surface area contributed by atoms with Gasteiger partial charge in [0, 0.05) is 6.92 Å². The maximum Gasteiger partial charge on any atom is 0.302 e. The molecule has 0 saturated carbocycles. The molecule has 1 aromatic carbocycles. The smallest absolute Gasteiger partial charge is 0.302 e. The zero-order chi connectivity index (χ0) is 15.5. The van der Waals surface area contributed by atoms with Crippen molar-refractivity contribution in [3.05, 3.63) is 41.0 Å². The Morgan fingerprint density at radius 2 is 1.71 bits per heavy atom. The van der Waals surface area contributed by atoms with Crippen molar-refractivity contribution in [2.75, 3.05) is 6.61 Å². The van der Waals surface area contributed by atoms with Crippen molar-refractivity contribution in [2.45, 2.75) is 59.3 Å². The molecule has 116 valence electrons. The van der Waals surface area contributed by atoms with Gasteiger partial charge < -0.3 is 4.74 Å². The molecule has 0 fully saturated rings. The van der Waals surface area contributed by atoms with Crippen LogP contribution in [0.25, 0.3) is 6.08 Å². The van der Waals surface area contributed by atoms with Gasteiger partial charge in [-0.15, -0.1) is 0 Å². The molecule has 0 saturated heterocycles. The number of rotatable bonds is 9. The van der Waals surface area contributed by atoms with Crippen molar-refractivity contribution in [3.63, 3.8) is 0 Å². The van der Waals surface area contributed by atoms with E-state index in [2.05, 4.69) is 37.3 Å². The number of unbranched alkanes of at least 4 members (excludes halogenated alkanes) is 4. The third-order valence-electron chi connectivity index (χ3n) is 3.46. The highest BCUT2D eigenvalue weighted by molar-refractivity contribution is 5.66. The van der Waals surface area contributed by atoms with Crippen molar-refractivity contribution >= 4 is 12.0 Å². The number of esters is 1. The lowest BCUT2D eigenvalue weighted by Crippen LogP contribution is -2.01. The van der Waals surface area contributed by atoms with Gasteiger partial charge in [0.25, 0.3) is 0 Å². The van der Waals surface area contributed by atoms with E-state index in [4.69, 9.17) is 4.74 Å². The van der Waals surface area contributed by atoms with Crippen LogP contribution in [0, 0.1) is 0 Å². The van der Waals surface area contributed by atoms with Crippen LogP contribution in [0.5, 0.6) is 0 Å². The van der Waals surface area contributed by atoms with E-state index in [1.54, 1.807) is 0 Å². The van der Waals surface area contributed by atoms with Crippen LogP contribution in [-0.2, 0) is 16.0 Å². The summed E-state index contributed by atoms with van der Waals surface area (Å²) in [6, 6.07) is 8.67. The molecule has 0 amide bonds. The van der Waals surface area contributed by atoms with E-state index < -0.39 is 0 Å². The number of ether oxygens (including phenoxy) is 1. The number of carbonyl (C=O) groups excluding carboxylic acids is 1. The molecule has 1 rings (SSSR count). The van der Waals surface area contributed by atoms with Crippen LogP contribution in [0.3, 0.4) is 0 Å². The molecule has 0 aliphatic heterocycles. The second-order valence-corrected chi connectivity index (χ2v) is 5.68. The number of carbonyl (C=O) groups is 1. The van der Waals surface area contributed by atoms with E-state index in [9.17, 15) is 4.79 Å². The first-order valence-corrected chi connectivity index (χ1v) is 8.01. The lowest BCUT2D eigenvalue weighted by atomic mass is 10.0. The van der Waals surface area contributed by atoms with E-state index in [1.807, 2.05) is 6.92 Å². The van der Waals surface area contributed by atoms with E-state index in [0.29, 0.717) is 6.61 Å². The Morgan fingerprint density at radius 1 is 1.05 bits per heavy atom. The summed E-state index contributed by atoms with van der Waals surface area (Å²) >= 11 is 0. The van der Waals surface area contributed by atoms with Crippen LogP contribution >= 0.6 is 0 Å². The Bertz CT molecular complexity index is 443. The minimum atomic E-state index is -0.235. The molecule has 0 aromatic heterocycles. The summed E-state index contributed by atoms with van der Waals surface area (Å²) in [5.74, 6) is -0.235. The fourth-order valence-corrected chi connectivity index (χ4v) is 2.25. The second-order valence-electron chi connectivity index (χ2n) is 5.68. The lowest BCUT2D eigenvalue weighted by Gasteiger charge is -2.04. The number of hydrogen-bond donors (Lipinski definition) is 0. The first-order chi connectivity index (χ1) is 10.1. The average molecular weight is 288 g/mol. The highest BCUT2D eigenvalue weighted by atomic mass is 16.5. The number of benzene rings is 1. The van der Waals surface area contributed by atoms with Crippen LogP contribution in [0.15, 0.2) is 29.8 Å². The molecule has 1 aromatic rings. The molecule has 2 nitrogen and oxygen atoms in total.